The van der Waals surface area contributed by atoms with Crippen molar-refractivity contribution in [3.63, 3.8) is 0 Å². The van der Waals surface area contributed by atoms with Crippen LogP contribution in [0.5, 0.6) is 0 Å². The largest absolute Gasteiger partial charge is 0.343 e. The highest BCUT2D eigenvalue weighted by atomic mass is 16.2. The Morgan fingerprint density at radius 2 is 1.95 bits per heavy atom. The summed E-state index contributed by atoms with van der Waals surface area (Å²) < 4.78 is 0. The number of hydrogen-bond acceptors (Lipinski definition) is 2. The third-order valence-electron chi connectivity index (χ3n) is 4.11. The molecule has 104 valence electrons. The Kier molecular flexibility index (Phi) is 4.97. The molecule has 0 saturated carbocycles. The topological polar surface area (TPSA) is 32.3 Å². The Balaban J connectivity index is 1.87. The van der Waals surface area contributed by atoms with E-state index in [9.17, 15) is 4.79 Å². The zero-order valence-electron chi connectivity index (χ0n) is 11.9. The SMILES string of the molecule is CC(=O)N1CCC(C)C(NCc2ccccc2)CC1. The van der Waals surface area contributed by atoms with Crippen molar-refractivity contribution in [3.05, 3.63) is 35.9 Å². The Hall–Kier alpha value is -1.35. The fourth-order valence-electron chi connectivity index (χ4n) is 2.71. The summed E-state index contributed by atoms with van der Waals surface area (Å²) in [7, 11) is 0. The van der Waals surface area contributed by atoms with E-state index in [1.54, 1.807) is 6.92 Å². The van der Waals surface area contributed by atoms with Crippen LogP contribution < -0.4 is 5.32 Å². The number of amides is 1. The van der Waals surface area contributed by atoms with Gasteiger partial charge in [0, 0.05) is 32.6 Å². The van der Waals surface area contributed by atoms with Crippen molar-refractivity contribution in [1.29, 1.82) is 0 Å². The molecule has 1 aliphatic rings. The lowest BCUT2D eigenvalue weighted by Crippen LogP contribution is -2.35. The number of benzene rings is 1. The zero-order valence-corrected chi connectivity index (χ0v) is 11.9. The predicted molar refractivity (Wildman–Crippen MR) is 77.7 cm³/mol. The first kappa shape index (κ1) is 14.1. The molecule has 0 spiro atoms. The van der Waals surface area contributed by atoms with Gasteiger partial charge in [0.15, 0.2) is 0 Å². The first-order valence-corrected chi connectivity index (χ1v) is 7.19. The summed E-state index contributed by atoms with van der Waals surface area (Å²) in [4.78, 5) is 13.4. The van der Waals surface area contributed by atoms with Crippen LogP contribution in [0.1, 0.15) is 32.3 Å². The van der Waals surface area contributed by atoms with Crippen molar-refractivity contribution in [2.75, 3.05) is 13.1 Å². The minimum atomic E-state index is 0.205. The highest BCUT2D eigenvalue weighted by Crippen LogP contribution is 2.18. The van der Waals surface area contributed by atoms with Gasteiger partial charge in [0.1, 0.15) is 0 Å². The van der Waals surface area contributed by atoms with Gasteiger partial charge in [-0.05, 0) is 24.3 Å². The second kappa shape index (κ2) is 6.71. The monoisotopic (exact) mass is 260 g/mol. The Bertz CT molecular complexity index is 404. The highest BCUT2D eigenvalue weighted by molar-refractivity contribution is 5.73. The van der Waals surface area contributed by atoms with Crippen molar-refractivity contribution >= 4 is 5.91 Å². The molecule has 0 radical (unpaired) electrons. The molecule has 0 aromatic heterocycles. The van der Waals surface area contributed by atoms with E-state index in [0.29, 0.717) is 12.0 Å². The van der Waals surface area contributed by atoms with Crippen LogP contribution >= 0.6 is 0 Å². The average molecular weight is 260 g/mol. The van der Waals surface area contributed by atoms with E-state index in [4.69, 9.17) is 0 Å². The first-order chi connectivity index (χ1) is 9.16. The van der Waals surface area contributed by atoms with Crippen LogP contribution in [-0.2, 0) is 11.3 Å². The quantitative estimate of drug-likeness (QED) is 0.905. The van der Waals surface area contributed by atoms with Gasteiger partial charge in [-0.2, -0.15) is 0 Å². The first-order valence-electron chi connectivity index (χ1n) is 7.19. The molecule has 3 heteroatoms. The molecule has 2 unspecified atom stereocenters. The van der Waals surface area contributed by atoms with Crippen molar-refractivity contribution in [2.45, 2.75) is 39.3 Å². The van der Waals surface area contributed by atoms with Gasteiger partial charge in [-0.15, -0.1) is 0 Å². The van der Waals surface area contributed by atoms with Crippen LogP contribution in [0.2, 0.25) is 0 Å². The fourth-order valence-corrected chi connectivity index (χ4v) is 2.71. The maximum Gasteiger partial charge on any atom is 0.219 e. The van der Waals surface area contributed by atoms with Gasteiger partial charge in [-0.3, -0.25) is 4.79 Å². The molecule has 1 aromatic rings. The smallest absolute Gasteiger partial charge is 0.219 e. The van der Waals surface area contributed by atoms with Gasteiger partial charge in [0.05, 0.1) is 0 Å². The van der Waals surface area contributed by atoms with Crippen LogP contribution in [0.15, 0.2) is 30.3 Å². The number of likely N-dealkylation sites (tertiary alicyclic amines) is 1. The van der Waals surface area contributed by atoms with Gasteiger partial charge in [-0.1, -0.05) is 37.3 Å². The van der Waals surface area contributed by atoms with Crippen molar-refractivity contribution in [1.82, 2.24) is 10.2 Å². The number of nitrogens with zero attached hydrogens (tertiary/aromatic N) is 1. The van der Waals surface area contributed by atoms with E-state index in [2.05, 4.69) is 36.5 Å². The van der Waals surface area contributed by atoms with Gasteiger partial charge < -0.3 is 10.2 Å². The maximum atomic E-state index is 11.4. The van der Waals surface area contributed by atoms with Crippen LogP contribution in [0.4, 0.5) is 0 Å². The van der Waals surface area contributed by atoms with Gasteiger partial charge in [-0.25, -0.2) is 0 Å². The van der Waals surface area contributed by atoms with Crippen LogP contribution in [0, 0.1) is 5.92 Å². The zero-order chi connectivity index (χ0) is 13.7. The van der Waals surface area contributed by atoms with Crippen LogP contribution in [0.25, 0.3) is 0 Å². The molecule has 2 rings (SSSR count). The second-order valence-electron chi connectivity index (χ2n) is 5.53. The molecule has 19 heavy (non-hydrogen) atoms. The molecule has 1 heterocycles. The summed E-state index contributed by atoms with van der Waals surface area (Å²) in [5.41, 5.74) is 1.32. The van der Waals surface area contributed by atoms with Gasteiger partial charge in [0.2, 0.25) is 5.91 Å². The summed E-state index contributed by atoms with van der Waals surface area (Å²) in [6.45, 7) is 6.65. The highest BCUT2D eigenvalue weighted by Gasteiger charge is 2.23. The van der Waals surface area contributed by atoms with E-state index in [-0.39, 0.29) is 5.91 Å². The van der Waals surface area contributed by atoms with Gasteiger partial charge in [0.25, 0.3) is 0 Å². The Morgan fingerprint density at radius 3 is 2.63 bits per heavy atom. The molecule has 1 amide bonds. The number of hydrogen-bond donors (Lipinski definition) is 1. The molecular formula is C16H24N2O. The summed E-state index contributed by atoms with van der Waals surface area (Å²) >= 11 is 0. The number of carbonyl (C=O) groups excluding carboxylic acids is 1. The maximum absolute atomic E-state index is 11.4. The molecule has 2 atom stereocenters. The molecule has 0 bridgehead atoms. The number of rotatable bonds is 3. The average Bonchev–Trinajstić information content (AvgIpc) is 2.60. The Morgan fingerprint density at radius 1 is 1.26 bits per heavy atom. The Labute approximate surface area is 116 Å². The lowest BCUT2D eigenvalue weighted by Gasteiger charge is -2.22. The van der Waals surface area contributed by atoms with Crippen LogP contribution in [0.3, 0.4) is 0 Å². The lowest BCUT2D eigenvalue weighted by atomic mass is 9.97. The summed E-state index contributed by atoms with van der Waals surface area (Å²) in [6.07, 6.45) is 2.14. The predicted octanol–water partition coefficient (Wildman–Crippen LogP) is 2.42. The van der Waals surface area contributed by atoms with E-state index < -0.39 is 0 Å². The number of carbonyl (C=O) groups is 1. The normalized spacial score (nSPS) is 24.0. The summed E-state index contributed by atoms with van der Waals surface area (Å²) in [5.74, 6) is 0.823. The summed E-state index contributed by atoms with van der Waals surface area (Å²) in [5, 5.41) is 3.65. The van der Waals surface area contributed by atoms with Crippen LogP contribution in [-0.4, -0.2) is 29.9 Å². The number of nitrogens with one attached hydrogen (secondary N) is 1. The second-order valence-corrected chi connectivity index (χ2v) is 5.53. The molecule has 1 aromatic carbocycles. The van der Waals surface area contributed by atoms with Crippen molar-refractivity contribution < 1.29 is 4.79 Å². The minimum Gasteiger partial charge on any atom is -0.343 e. The van der Waals surface area contributed by atoms with Crippen molar-refractivity contribution in [2.24, 2.45) is 5.92 Å². The molecular weight excluding hydrogens is 236 g/mol. The molecule has 3 nitrogen and oxygen atoms in total. The molecule has 0 aliphatic carbocycles. The third kappa shape index (κ3) is 4.06. The molecule has 1 aliphatic heterocycles. The molecule has 1 saturated heterocycles. The lowest BCUT2D eigenvalue weighted by molar-refractivity contribution is -0.128. The van der Waals surface area contributed by atoms with E-state index in [0.717, 1.165) is 32.5 Å². The fraction of sp³-hybridized carbons (Fsp3) is 0.562. The molecule has 1 N–H and O–H groups in total. The third-order valence-corrected chi connectivity index (χ3v) is 4.11. The standard InChI is InChI=1S/C16H24N2O/c1-13-8-10-18(14(2)19)11-9-16(13)17-12-15-6-4-3-5-7-15/h3-7,13,16-17H,8-12H2,1-2H3. The van der Waals surface area contributed by atoms with E-state index >= 15 is 0 Å². The molecule has 1 fully saturated rings. The van der Waals surface area contributed by atoms with E-state index in [1.165, 1.54) is 5.56 Å². The minimum absolute atomic E-state index is 0.205. The van der Waals surface area contributed by atoms with Gasteiger partial charge >= 0.3 is 0 Å². The van der Waals surface area contributed by atoms with Crippen molar-refractivity contribution in [3.8, 4) is 0 Å². The summed E-state index contributed by atoms with van der Waals surface area (Å²) in [6, 6.07) is 11.0. The van der Waals surface area contributed by atoms with E-state index in [1.807, 2.05) is 11.0 Å².